The second-order valence-electron chi connectivity index (χ2n) is 5.84. The molecule has 4 rings (SSSR count). The van der Waals surface area contributed by atoms with E-state index in [4.69, 9.17) is 14.9 Å². The number of amides is 1. The van der Waals surface area contributed by atoms with Gasteiger partial charge < -0.3 is 19.8 Å². The van der Waals surface area contributed by atoms with Gasteiger partial charge in [0.25, 0.3) is 6.01 Å². The number of allylic oxidation sites excluding steroid dienone is 1. The van der Waals surface area contributed by atoms with Crippen molar-refractivity contribution in [3.05, 3.63) is 46.8 Å². The maximum Gasteiger partial charge on any atom is 0.337 e. The molecule has 122 valence electrons. The number of esters is 1. The summed E-state index contributed by atoms with van der Waals surface area (Å²) in [6.07, 6.45) is 0. The highest BCUT2D eigenvalue weighted by Gasteiger charge is 2.62. The molecular weight excluding hydrogens is 310 g/mol. The molecule has 1 aromatic carbocycles. The molecule has 7 nitrogen and oxygen atoms in total. The molecule has 0 radical (unpaired) electrons. The Kier molecular flexibility index (Phi) is 2.70. The van der Waals surface area contributed by atoms with Crippen LogP contribution >= 0.6 is 0 Å². The molecule has 2 N–H and O–H groups in total. The fraction of sp³-hybridized carbons (Fsp3) is 0.235. The van der Waals surface area contributed by atoms with E-state index in [0.29, 0.717) is 28.3 Å². The molecule has 0 saturated heterocycles. The summed E-state index contributed by atoms with van der Waals surface area (Å²) in [5, 5.41) is 0. The first-order chi connectivity index (χ1) is 11.4. The lowest BCUT2D eigenvalue weighted by atomic mass is 9.74. The van der Waals surface area contributed by atoms with Crippen molar-refractivity contribution in [1.82, 2.24) is 9.88 Å². The summed E-state index contributed by atoms with van der Waals surface area (Å²) in [6, 6.07) is 7.22. The third kappa shape index (κ3) is 1.40. The van der Waals surface area contributed by atoms with Crippen LogP contribution in [0, 0.1) is 0 Å². The fourth-order valence-electron chi connectivity index (χ4n) is 3.73. The molecule has 1 atom stereocenters. The van der Waals surface area contributed by atoms with Crippen molar-refractivity contribution in [2.24, 2.45) is 0 Å². The Morgan fingerprint density at radius 2 is 2.08 bits per heavy atom. The van der Waals surface area contributed by atoms with Crippen molar-refractivity contribution < 1.29 is 18.7 Å². The molecule has 1 amide bonds. The highest BCUT2D eigenvalue weighted by Crippen LogP contribution is 2.57. The Hall–Kier alpha value is -3.09. The molecule has 24 heavy (non-hydrogen) atoms. The van der Waals surface area contributed by atoms with Gasteiger partial charge in [-0.3, -0.25) is 4.79 Å². The van der Waals surface area contributed by atoms with E-state index in [9.17, 15) is 9.59 Å². The van der Waals surface area contributed by atoms with Crippen molar-refractivity contribution >= 4 is 17.9 Å². The minimum atomic E-state index is -1.38. The van der Waals surface area contributed by atoms with E-state index in [-0.39, 0.29) is 17.5 Å². The summed E-state index contributed by atoms with van der Waals surface area (Å²) < 4.78 is 10.5. The van der Waals surface area contributed by atoms with Gasteiger partial charge >= 0.3 is 5.97 Å². The Labute approximate surface area is 137 Å². The molecule has 1 aliphatic heterocycles. The predicted molar refractivity (Wildman–Crippen MR) is 84.6 cm³/mol. The van der Waals surface area contributed by atoms with Gasteiger partial charge in [-0.15, -0.1) is 0 Å². The first-order valence-electron chi connectivity index (χ1n) is 7.39. The quantitative estimate of drug-likeness (QED) is 0.797. The second kappa shape index (κ2) is 4.47. The molecular formula is C17H15N3O4. The molecule has 0 saturated carbocycles. The van der Waals surface area contributed by atoms with E-state index in [0.717, 1.165) is 0 Å². The number of carbonyl (C=O) groups is 2. The highest BCUT2D eigenvalue weighted by molar-refractivity contribution is 6.14. The van der Waals surface area contributed by atoms with Gasteiger partial charge in [0, 0.05) is 18.3 Å². The molecule has 7 heteroatoms. The molecule has 0 unspecified atom stereocenters. The van der Waals surface area contributed by atoms with Crippen LogP contribution in [0.15, 0.2) is 40.0 Å². The van der Waals surface area contributed by atoms with Gasteiger partial charge in [0.05, 0.1) is 12.7 Å². The van der Waals surface area contributed by atoms with Crippen molar-refractivity contribution in [2.45, 2.75) is 12.3 Å². The van der Waals surface area contributed by atoms with Crippen LogP contribution in [0.1, 0.15) is 18.2 Å². The number of rotatable bonds is 1. The van der Waals surface area contributed by atoms with Gasteiger partial charge in [0.2, 0.25) is 5.91 Å². The summed E-state index contributed by atoms with van der Waals surface area (Å²) in [5.41, 5.74) is 6.83. The number of likely N-dealkylation sites (N-methyl/N-ethyl adjacent to an activating group) is 1. The zero-order valence-corrected chi connectivity index (χ0v) is 13.4. The molecule has 2 aliphatic rings. The van der Waals surface area contributed by atoms with E-state index in [1.165, 1.54) is 12.0 Å². The lowest BCUT2D eigenvalue weighted by molar-refractivity contribution is -0.138. The van der Waals surface area contributed by atoms with Gasteiger partial charge in [-0.25, -0.2) is 4.79 Å². The van der Waals surface area contributed by atoms with Gasteiger partial charge in [-0.05, 0) is 12.5 Å². The average molecular weight is 325 g/mol. The number of methoxy groups -OCH3 is 1. The van der Waals surface area contributed by atoms with Crippen LogP contribution in [0.25, 0.3) is 11.3 Å². The van der Waals surface area contributed by atoms with Gasteiger partial charge in [0.15, 0.2) is 11.2 Å². The molecule has 2 aromatic rings. The van der Waals surface area contributed by atoms with Crippen LogP contribution in [0.3, 0.4) is 0 Å². The van der Waals surface area contributed by atoms with Crippen molar-refractivity contribution in [3.8, 4) is 11.3 Å². The molecule has 2 heterocycles. The average Bonchev–Trinajstić information content (AvgIpc) is 3.15. The minimum absolute atomic E-state index is 0.0434. The monoisotopic (exact) mass is 325 g/mol. The Balaban J connectivity index is 2.16. The number of hydrogen-bond donors (Lipinski definition) is 1. The second-order valence-corrected chi connectivity index (χ2v) is 5.84. The number of oxazole rings is 1. The Bertz CT molecular complexity index is 943. The van der Waals surface area contributed by atoms with E-state index in [2.05, 4.69) is 4.98 Å². The normalized spacial score (nSPS) is 21.5. The zero-order valence-electron chi connectivity index (χ0n) is 13.4. The Morgan fingerprint density at radius 1 is 1.38 bits per heavy atom. The van der Waals surface area contributed by atoms with Crippen molar-refractivity contribution in [1.29, 1.82) is 0 Å². The minimum Gasteiger partial charge on any atom is -0.466 e. The van der Waals surface area contributed by atoms with Gasteiger partial charge in [0.1, 0.15) is 5.69 Å². The van der Waals surface area contributed by atoms with Crippen LogP contribution < -0.4 is 5.73 Å². The number of nitrogen functional groups attached to an aromatic ring is 1. The maximum atomic E-state index is 13.3. The molecule has 1 spiro atoms. The molecule has 0 bridgehead atoms. The first kappa shape index (κ1) is 14.5. The van der Waals surface area contributed by atoms with Crippen LogP contribution in [0.5, 0.6) is 0 Å². The number of carbonyl (C=O) groups excluding carboxylic acids is 2. The number of anilines is 1. The lowest BCUT2D eigenvalue weighted by Crippen LogP contribution is -2.41. The number of nitrogens with two attached hydrogens (primary N) is 1. The summed E-state index contributed by atoms with van der Waals surface area (Å²) >= 11 is 0. The smallest absolute Gasteiger partial charge is 0.337 e. The number of ether oxygens (including phenoxy) is 1. The third-order valence-corrected chi connectivity index (χ3v) is 4.83. The number of hydrogen-bond acceptors (Lipinski definition) is 6. The van der Waals surface area contributed by atoms with Gasteiger partial charge in [-0.2, -0.15) is 4.98 Å². The van der Waals surface area contributed by atoms with E-state index in [1.807, 2.05) is 18.2 Å². The standard InChI is InChI=1S/C17H15N3O4/c1-8-11(14(21)23-3)17(15(22)20(8)2)10-7-5-4-6-9(10)12-13(17)19-16(18)24-12/h4-7H,1-3H3,(H2,18,19)/t17-/m0/s1. The van der Waals surface area contributed by atoms with E-state index >= 15 is 0 Å². The van der Waals surface area contributed by atoms with Crippen molar-refractivity contribution in [2.75, 3.05) is 19.9 Å². The molecule has 1 aliphatic carbocycles. The maximum absolute atomic E-state index is 13.3. The lowest BCUT2D eigenvalue weighted by Gasteiger charge is -2.25. The fourth-order valence-corrected chi connectivity index (χ4v) is 3.73. The number of fused-ring (bicyclic) bond motifs is 5. The van der Waals surface area contributed by atoms with Crippen LogP contribution in [0.2, 0.25) is 0 Å². The van der Waals surface area contributed by atoms with Gasteiger partial charge in [-0.1, -0.05) is 24.3 Å². The largest absolute Gasteiger partial charge is 0.466 e. The van der Waals surface area contributed by atoms with E-state index < -0.39 is 11.4 Å². The highest BCUT2D eigenvalue weighted by atomic mass is 16.5. The number of benzene rings is 1. The summed E-state index contributed by atoms with van der Waals surface area (Å²) in [4.78, 5) is 31.5. The number of nitrogens with zero attached hydrogens (tertiary/aromatic N) is 2. The SMILES string of the molecule is COC(=O)C1=C(C)N(C)C(=O)[C@@]12c1ccccc1-c1oc(N)nc12. The zero-order chi connectivity index (χ0) is 17.2. The predicted octanol–water partition coefficient (Wildman–Crippen LogP) is 1.44. The summed E-state index contributed by atoms with van der Waals surface area (Å²) in [5.74, 6) is -0.435. The van der Waals surface area contributed by atoms with Crippen LogP contribution in [0.4, 0.5) is 6.01 Å². The topological polar surface area (TPSA) is 98.7 Å². The number of aromatic nitrogens is 1. The Morgan fingerprint density at radius 3 is 2.79 bits per heavy atom. The van der Waals surface area contributed by atoms with E-state index in [1.54, 1.807) is 20.0 Å². The van der Waals surface area contributed by atoms with Crippen LogP contribution in [-0.4, -0.2) is 35.9 Å². The third-order valence-electron chi connectivity index (χ3n) is 4.83. The molecule has 1 aromatic heterocycles. The van der Waals surface area contributed by atoms with Crippen LogP contribution in [-0.2, 0) is 19.7 Å². The summed E-state index contributed by atoms with van der Waals surface area (Å²) in [7, 11) is 2.91. The molecule has 0 fully saturated rings. The first-order valence-corrected chi connectivity index (χ1v) is 7.39. The van der Waals surface area contributed by atoms with Crippen molar-refractivity contribution in [3.63, 3.8) is 0 Å². The summed E-state index contributed by atoms with van der Waals surface area (Å²) in [6.45, 7) is 1.71.